The first-order valence-electron chi connectivity index (χ1n) is 4.71. The summed E-state index contributed by atoms with van der Waals surface area (Å²) in [6.07, 6.45) is 4.10. The normalized spacial score (nSPS) is 13.7. The zero-order valence-electron chi connectivity index (χ0n) is 8.42. The highest BCUT2D eigenvalue weighted by Gasteiger charge is 2.14. The van der Waals surface area contributed by atoms with Gasteiger partial charge in [-0.25, -0.2) is 0 Å². The van der Waals surface area contributed by atoms with E-state index in [1.165, 1.54) is 0 Å². The van der Waals surface area contributed by atoms with Crippen molar-refractivity contribution in [3.8, 4) is 11.5 Å². The Morgan fingerprint density at radius 2 is 2.13 bits per heavy atom. The van der Waals surface area contributed by atoms with Crippen LogP contribution in [0.4, 0.5) is 0 Å². The summed E-state index contributed by atoms with van der Waals surface area (Å²) in [5.74, 6) is 1.61. The van der Waals surface area contributed by atoms with Gasteiger partial charge in [-0.1, -0.05) is 28.1 Å². The second-order valence-corrected chi connectivity index (χ2v) is 4.04. The highest BCUT2D eigenvalue weighted by Crippen LogP contribution is 2.37. The van der Waals surface area contributed by atoms with Crippen LogP contribution in [0.2, 0.25) is 0 Å². The van der Waals surface area contributed by atoms with Crippen LogP contribution in [0, 0.1) is 0 Å². The molecule has 0 atom stereocenters. The van der Waals surface area contributed by atoms with Crippen molar-refractivity contribution >= 4 is 22.0 Å². The van der Waals surface area contributed by atoms with Crippen LogP contribution in [0.15, 0.2) is 22.7 Å². The van der Waals surface area contributed by atoms with E-state index in [9.17, 15) is 0 Å². The Hall–Kier alpha value is -1.00. The van der Waals surface area contributed by atoms with E-state index in [1.54, 1.807) is 0 Å². The molecule has 0 saturated carbocycles. The number of fused-ring (bicyclic) bond motifs is 1. The van der Waals surface area contributed by atoms with Gasteiger partial charge in [0.2, 0.25) is 6.79 Å². The molecule has 1 aliphatic heterocycles. The van der Waals surface area contributed by atoms with E-state index < -0.39 is 0 Å². The Morgan fingerprint density at radius 1 is 1.40 bits per heavy atom. The van der Waals surface area contributed by atoms with Crippen LogP contribution in [-0.4, -0.2) is 20.4 Å². The Bertz CT molecular complexity index is 390. The summed E-state index contributed by atoms with van der Waals surface area (Å²) in [6.45, 7) is 1.16. The van der Waals surface area contributed by atoms with Crippen LogP contribution in [0.1, 0.15) is 5.56 Å². The fourth-order valence-electron chi connectivity index (χ4n) is 1.36. The first-order valence-corrected chi connectivity index (χ1v) is 5.51. The van der Waals surface area contributed by atoms with Crippen molar-refractivity contribution in [2.75, 3.05) is 20.4 Å². The van der Waals surface area contributed by atoms with Gasteiger partial charge in [-0.2, -0.15) is 0 Å². The molecule has 1 heterocycles. The third-order valence-electron chi connectivity index (χ3n) is 2.11. The summed E-state index contributed by atoms with van der Waals surface area (Å²) in [7, 11) is 1.92. The molecule has 15 heavy (non-hydrogen) atoms. The summed E-state index contributed by atoms with van der Waals surface area (Å²) >= 11 is 3.49. The number of ether oxygens (including phenoxy) is 2. The van der Waals surface area contributed by atoms with Crippen LogP contribution in [0.25, 0.3) is 6.08 Å². The minimum atomic E-state index is 0.311. The number of nitrogens with one attached hydrogen (secondary N) is 1. The molecule has 0 aromatic heterocycles. The van der Waals surface area contributed by atoms with E-state index in [-0.39, 0.29) is 0 Å². The highest BCUT2D eigenvalue weighted by molar-refractivity contribution is 9.10. The number of hydrogen-bond donors (Lipinski definition) is 1. The molecule has 0 saturated heterocycles. The third-order valence-corrected chi connectivity index (χ3v) is 2.80. The molecular formula is C11H12BrNO2. The molecule has 0 spiro atoms. The molecule has 0 fully saturated rings. The Labute approximate surface area is 97.2 Å². The van der Waals surface area contributed by atoms with Gasteiger partial charge in [-0.15, -0.1) is 0 Å². The maximum absolute atomic E-state index is 5.31. The maximum Gasteiger partial charge on any atom is 0.231 e. The largest absolute Gasteiger partial charge is 0.454 e. The van der Waals surface area contributed by atoms with E-state index in [0.29, 0.717) is 6.79 Å². The maximum atomic E-state index is 5.31. The minimum absolute atomic E-state index is 0.311. The van der Waals surface area contributed by atoms with Crippen molar-refractivity contribution in [2.24, 2.45) is 0 Å². The van der Waals surface area contributed by atoms with E-state index in [1.807, 2.05) is 25.3 Å². The molecule has 0 radical (unpaired) electrons. The van der Waals surface area contributed by atoms with Gasteiger partial charge in [-0.05, 0) is 24.7 Å². The molecule has 0 aliphatic carbocycles. The molecule has 3 nitrogen and oxygen atoms in total. The Balaban J connectivity index is 2.24. The molecule has 1 aromatic rings. The standard InChI is InChI=1S/C11H12BrNO2/c1-13-4-2-3-8-5-10-11(6-9(8)12)15-7-14-10/h2-3,5-6,13H,4,7H2,1H3. The van der Waals surface area contributed by atoms with Gasteiger partial charge >= 0.3 is 0 Å². The zero-order chi connectivity index (χ0) is 10.7. The van der Waals surface area contributed by atoms with Crippen molar-refractivity contribution in [1.29, 1.82) is 0 Å². The minimum Gasteiger partial charge on any atom is -0.454 e. The highest BCUT2D eigenvalue weighted by atomic mass is 79.9. The predicted octanol–water partition coefficient (Wildman–Crippen LogP) is 2.41. The summed E-state index contributed by atoms with van der Waals surface area (Å²) in [5.41, 5.74) is 1.09. The summed E-state index contributed by atoms with van der Waals surface area (Å²) in [4.78, 5) is 0. The fraction of sp³-hybridized carbons (Fsp3) is 0.273. The second kappa shape index (κ2) is 4.68. The lowest BCUT2D eigenvalue weighted by molar-refractivity contribution is 0.174. The van der Waals surface area contributed by atoms with Gasteiger partial charge in [0.1, 0.15) is 0 Å². The quantitative estimate of drug-likeness (QED) is 0.914. The van der Waals surface area contributed by atoms with Crippen molar-refractivity contribution in [3.05, 3.63) is 28.2 Å². The summed E-state index contributed by atoms with van der Waals surface area (Å²) < 4.78 is 11.6. The number of likely N-dealkylation sites (N-methyl/N-ethyl adjacent to an activating group) is 1. The lowest BCUT2D eigenvalue weighted by Gasteiger charge is -2.01. The van der Waals surface area contributed by atoms with Gasteiger partial charge < -0.3 is 14.8 Å². The van der Waals surface area contributed by atoms with E-state index in [2.05, 4.69) is 27.3 Å². The molecule has 1 aliphatic rings. The van der Waals surface area contributed by atoms with Crippen LogP contribution < -0.4 is 14.8 Å². The average molecular weight is 270 g/mol. The van der Waals surface area contributed by atoms with Gasteiger partial charge in [0.15, 0.2) is 11.5 Å². The smallest absolute Gasteiger partial charge is 0.231 e. The molecule has 0 amide bonds. The predicted molar refractivity (Wildman–Crippen MR) is 63.2 cm³/mol. The number of halogens is 1. The average Bonchev–Trinajstić information content (AvgIpc) is 2.65. The van der Waals surface area contributed by atoms with Crippen LogP contribution in [0.5, 0.6) is 11.5 Å². The molecule has 0 unspecified atom stereocenters. The first kappa shape index (κ1) is 10.5. The zero-order valence-corrected chi connectivity index (χ0v) is 10.0. The van der Waals surface area contributed by atoms with E-state index >= 15 is 0 Å². The summed E-state index contributed by atoms with van der Waals surface area (Å²) in [6, 6.07) is 3.90. The lowest BCUT2D eigenvalue weighted by Crippen LogP contribution is -2.03. The fourth-order valence-corrected chi connectivity index (χ4v) is 1.82. The van der Waals surface area contributed by atoms with Crippen molar-refractivity contribution < 1.29 is 9.47 Å². The number of benzene rings is 1. The van der Waals surface area contributed by atoms with Gasteiger partial charge in [0.05, 0.1) is 0 Å². The third kappa shape index (κ3) is 2.33. The topological polar surface area (TPSA) is 30.5 Å². The number of hydrogen-bond acceptors (Lipinski definition) is 3. The lowest BCUT2D eigenvalue weighted by atomic mass is 10.2. The van der Waals surface area contributed by atoms with Crippen molar-refractivity contribution in [3.63, 3.8) is 0 Å². The Morgan fingerprint density at radius 3 is 2.87 bits per heavy atom. The van der Waals surface area contributed by atoms with Gasteiger partial charge in [0, 0.05) is 11.0 Å². The van der Waals surface area contributed by atoms with E-state index in [4.69, 9.17) is 9.47 Å². The Kier molecular flexibility index (Phi) is 3.28. The monoisotopic (exact) mass is 269 g/mol. The first-order chi connectivity index (χ1) is 7.31. The van der Waals surface area contributed by atoms with Gasteiger partial charge in [0.25, 0.3) is 0 Å². The van der Waals surface area contributed by atoms with Crippen molar-refractivity contribution in [2.45, 2.75) is 0 Å². The molecule has 0 bridgehead atoms. The molecule has 1 N–H and O–H groups in total. The van der Waals surface area contributed by atoms with Crippen LogP contribution >= 0.6 is 15.9 Å². The summed E-state index contributed by atoms with van der Waals surface area (Å²) in [5, 5.41) is 3.05. The second-order valence-electron chi connectivity index (χ2n) is 3.19. The molecule has 4 heteroatoms. The van der Waals surface area contributed by atoms with E-state index in [0.717, 1.165) is 28.1 Å². The van der Waals surface area contributed by atoms with Crippen LogP contribution in [0.3, 0.4) is 0 Å². The van der Waals surface area contributed by atoms with Crippen molar-refractivity contribution in [1.82, 2.24) is 5.32 Å². The molecular weight excluding hydrogens is 258 g/mol. The van der Waals surface area contributed by atoms with Gasteiger partial charge in [-0.3, -0.25) is 0 Å². The molecule has 1 aromatic carbocycles. The number of rotatable bonds is 3. The SMILES string of the molecule is CNCC=Cc1cc2c(cc1Br)OCO2. The molecule has 2 rings (SSSR count). The molecule has 80 valence electrons. The van der Waals surface area contributed by atoms with Crippen LogP contribution in [-0.2, 0) is 0 Å².